The molecule has 3 aromatic carbocycles. The van der Waals surface area contributed by atoms with Crippen LogP contribution in [-0.4, -0.2) is 19.9 Å². The molecule has 1 aliphatic heterocycles. The standard InChI is InChI=1S/C23H21BrN2O2/c1-27-22-13-10-17(14-23(22)28-2)21-15-20(16-8-11-18(24)12-9-16)25-26(21)19-6-4-3-5-7-19/h3-14,21H,15H2,1-2H3/t21-/m1/s1. The second kappa shape index (κ2) is 8.07. The Labute approximate surface area is 173 Å². The van der Waals surface area contributed by atoms with E-state index in [0.717, 1.165) is 44.9 Å². The lowest BCUT2D eigenvalue weighted by atomic mass is 9.98. The minimum absolute atomic E-state index is 0.0841. The summed E-state index contributed by atoms with van der Waals surface area (Å²) in [6.07, 6.45) is 0.812. The minimum Gasteiger partial charge on any atom is -0.493 e. The number of halogens is 1. The first-order valence-electron chi connectivity index (χ1n) is 9.09. The Balaban J connectivity index is 1.74. The van der Waals surface area contributed by atoms with Crippen molar-refractivity contribution < 1.29 is 9.47 Å². The van der Waals surface area contributed by atoms with Gasteiger partial charge in [-0.25, -0.2) is 0 Å². The monoisotopic (exact) mass is 436 g/mol. The van der Waals surface area contributed by atoms with Gasteiger partial charge in [-0.1, -0.05) is 52.3 Å². The molecule has 3 aromatic rings. The number of methoxy groups -OCH3 is 2. The molecule has 0 saturated heterocycles. The molecule has 0 spiro atoms. The van der Waals surface area contributed by atoms with Crippen LogP contribution in [-0.2, 0) is 0 Å². The Kier molecular flexibility index (Phi) is 5.35. The molecule has 0 fully saturated rings. The molecule has 0 aromatic heterocycles. The van der Waals surface area contributed by atoms with Gasteiger partial charge in [-0.2, -0.15) is 5.10 Å². The van der Waals surface area contributed by atoms with Crippen LogP contribution in [0, 0.1) is 0 Å². The lowest BCUT2D eigenvalue weighted by Gasteiger charge is -2.24. The largest absolute Gasteiger partial charge is 0.493 e. The molecular formula is C23H21BrN2O2. The Hall–Kier alpha value is -2.79. The Morgan fingerprint density at radius 3 is 2.29 bits per heavy atom. The summed E-state index contributed by atoms with van der Waals surface area (Å²) in [6, 6.07) is 24.7. The van der Waals surface area contributed by atoms with E-state index in [9.17, 15) is 0 Å². The molecule has 0 radical (unpaired) electrons. The SMILES string of the molecule is COc1ccc([C@H]2CC(c3ccc(Br)cc3)=NN2c2ccccc2)cc1OC. The second-order valence-electron chi connectivity index (χ2n) is 6.57. The van der Waals surface area contributed by atoms with Crippen LogP contribution in [0.3, 0.4) is 0 Å². The highest BCUT2D eigenvalue weighted by Gasteiger charge is 2.30. The zero-order valence-corrected chi connectivity index (χ0v) is 17.4. The fourth-order valence-electron chi connectivity index (χ4n) is 3.47. The summed E-state index contributed by atoms with van der Waals surface area (Å²) in [5, 5.41) is 7.07. The highest BCUT2D eigenvalue weighted by molar-refractivity contribution is 9.10. The summed E-state index contributed by atoms with van der Waals surface area (Å²) < 4.78 is 12.0. The van der Waals surface area contributed by atoms with Crippen LogP contribution in [0.4, 0.5) is 5.69 Å². The molecule has 28 heavy (non-hydrogen) atoms. The topological polar surface area (TPSA) is 34.1 Å². The lowest BCUT2D eigenvalue weighted by Crippen LogP contribution is -2.18. The molecule has 142 valence electrons. The third kappa shape index (κ3) is 3.62. The Morgan fingerprint density at radius 1 is 0.893 bits per heavy atom. The van der Waals surface area contributed by atoms with Gasteiger partial charge in [0, 0.05) is 10.9 Å². The number of rotatable bonds is 5. The molecule has 4 nitrogen and oxygen atoms in total. The van der Waals surface area contributed by atoms with Gasteiger partial charge in [-0.15, -0.1) is 0 Å². The van der Waals surface area contributed by atoms with Crippen LogP contribution in [0.2, 0.25) is 0 Å². The summed E-state index contributed by atoms with van der Waals surface area (Å²) in [5.41, 5.74) is 4.40. The molecule has 1 aliphatic rings. The molecule has 5 heteroatoms. The first-order chi connectivity index (χ1) is 13.7. The highest BCUT2D eigenvalue weighted by Crippen LogP contribution is 2.39. The number of hydrazone groups is 1. The zero-order chi connectivity index (χ0) is 19.5. The number of benzene rings is 3. The average Bonchev–Trinajstić information content (AvgIpc) is 3.20. The molecule has 0 unspecified atom stereocenters. The number of nitrogens with zero attached hydrogens (tertiary/aromatic N) is 2. The summed E-state index contributed by atoms with van der Waals surface area (Å²) in [7, 11) is 3.31. The van der Waals surface area contributed by atoms with E-state index in [2.05, 4.69) is 63.4 Å². The maximum Gasteiger partial charge on any atom is 0.161 e. The number of hydrogen-bond donors (Lipinski definition) is 0. The fraction of sp³-hybridized carbons (Fsp3) is 0.174. The quantitative estimate of drug-likeness (QED) is 0.504. The van der Waals surface area contributed by atoms with Gasteiger partial charge in [-0.05, 0) is 47.5 Å². The van der Waals surface area contributed by atoms with Gasteiger partial charge in [0.25, 0.3) is 0 Å². The second-order valence-corrected chi connectivity index (χ2v) is 7.48. The van der Waals surface area contributed by atoms with Gasteiger partial charge in [0.05, 0.1) is 31.7 Å². The summed E-state index contributed by atoms with van der Waals surface area (Å²) in [4.78, 5) is 0. The molecule has 1 atom stereocenters. The van der Waals surface area contributed by atoms with E-state index >= 15 is 0 Å². The van der Waals surface area contributed by atoms with Gasteiger partial charge in [0.1, 0.15) is 0 Å². The van der Waals surface area contributed by atoms with Gasteiger partial charge in [0.2, 0.25) is 0 Å². The van der Waals surface area contributed by atoms with E-state index in [1.54, 1.807) is 14.2 Å². The van der Waals surface area contributed by atoms with Crippen molar-refractivity contribution in [2.45, 2.75) is 12.5 Å². The Morgan fingerprint density at radius 2 is 1.61 bits per heavy atom. The molecule has 0 aliphatic carbocycles. The van der Waals surface area contributed by atoms with Crippen molar-refractivity contribution in [1.82, 2.24) is 0 Å². The number of para-hydroxylation sites is 1. The Bertz CT molecular complexity index is 987. The maximum atomic E-state index is 5.52. The number of ether oxygens (including phenoxy) is 2. The van der Waals surface area contributed by atoms with Crippen molar-refractivity contribution >= 4 is 27.3 Å². The van der Waals surface area contributed by atoms with Crippen molar-refractivity contribution in [2.75, 3.05) is 19.2 Å². The highest BCUT2D eigenvalue weighted by atomic mass is 79.9. The van der Waals surface area contributed by atoms with Crippen LogP contribution < -0.4 is 14.5 Å². The predicted molar refractivity (Wildman–Crippen MR) is 117 cm³/mol. The fourth-order valence-corrected chi connectivity index (χ4v) is 3.73. The normalized spacial score (nSPS) is 16.0. The van der Waals surface area contributed by atoms with Gasteiger partial charge in [-0.3, -0.25) is 5.01 Å². The van der Waals surface area contributed by atoms with Crippen molar-refractivity contribution in [2.24, 2.45) is 5.10 Å². The van der Waals surface area contributed by atoms with E-state index in [1.165, 1.54) is 0 Å². The zero-order valence-electron chi connectivity index (χ0n) is 15.8. The third-order valence-corrected chi connectivity index (χ3v) is 5.43. The first kappa shape index (κ1) is 18.6. The van der Waals surface area contributed by atoms with Crippen molar-refractivity contribution in [3.05, 3.63) is 88.4 Å². The first-order valence-corrected chi connectivity index (χ1v) is 9.88. The lowest BCUT2D eigenvalue weighted by molar-refractivity contribution is 0.354. The van der Waals surface area contributed by atoms with Crippen LogP contribution >= 0.6 is 15.9 Å². The van der Waals surface area contributed by atoms with Gasteiger partial charge in [0.15, 0.2) is 11.5 Å². The minimum atomic E-state index is 0.0841. The molecule has 0 amide bonds. The van der Waals surface area contributed by atoms with E-state index in [4.69, 9.17) is 14.6 Å². The van der Waals surface area contributed by atoms with Crippen LogP contribution in [0.25, 0.3) is 0 Å². The summed E-state index contributed by atoms with van der Waals surface area (Å²) >= 11 is 3.50. The number of anilines is 1. The molecule has 0 bridgehead atoms. The van der Waals surface area contributed by atoms with Gasteiger partial charge >= 0.3 is 0 Å². The van der Waals surface area contributed by atoms with E-state index in [1.807, 2.05) is 30.3 Å². The van der Waals surface area contributed by atoms with Crippen molar-refractivity contribution in [3.63, 3.8) is 0 Å². The molecule has 4 rings (SSSR count). The molecule has 0 N–H and O–H groups in total. The van der Waals surface area contributed by atoms with Crippen LogP contribution in [0.15, 0.2) is 82.4 Å². The van der Waals surface area contributed by atoms with E-state index < -0.39 is 0 Å². The van der Waals surface area contributed by atoms with Crippen LogP contribution in [0.5, 0.6) is 11.5 Å². The third-order valence-electron chi connectivity index (χ3n) is 4.90. The van der Waals surface area contributed by atoms with E-state index in [0.29, 0.717) is 0 Å². The molecule has 1 heterocycles. The maximum absolute atomic E-state index is 5.52. The average molecular weight is 437 g/mol. The smallest absolute Gasteiger partial charge is 0.161 e. The van der Waals surface area contributed by atoms with E-state index in [-0.39, 0.29) is 6.04 Å². The van der Waals surface area contributed by atoms with Crippen molar-refractivity contribution in [1.29, 1.82) is 0 Å². The number of hydrogen-bond acceptors (Lipinski definition) is 4. The van der Waals surface area contributed by atoms with Crippen LogP contribution in [0.1, 0.15) is 23.6 Å². The molecule has 0 saturated carbocycles. The molecular weight excluding hydrogens is 416 g/mol. The summed E-state index contributed by atoms with van der Waals surface area (Å²) in [5.74, 6) is 1.45. The van der Waals surface area contributed by atoms with Crippen molar-refractivity contribution in [3.8, 4) is 11.5 Å². The van der Waals surface area contributed by atoms with Gasteiger partial charge < -0.3 is 9.47 Å². The predicted octanol–water partition coefficient (Wildman–Crippen LogP) is 5.82. The summed E-state index contributed by atoms with van der Waals surface area (Å²) in [6.45, 7) is 0.